The molecule has 0 saturated heterocycles. The lowest BCUT2D eigenvalue weighted by molar-refractivity contribution is 0.771. The van der Waals surface area contributed by atoms with Crippen LogP contribution < -0.4 is 0 Å². The molecule has 13 rings (SSSR count). The minimum Gasteiger partial charge on any atom is -0.278 e. The Hall–Kier alpha value is -7.43. The topological polar surface area (TPSA) is 43.6 Å². The van der Waals surface area contributed by atoms with Crippen LogP contribution in [0.3, 0.4) is 0 Å². The van der Waals surface area contributed by atoms with Crippen molar-refractivity contribution in [1.29, 1.82) is 0 Å². The third-order valence-electron chi connectivity index (χ3n) is 12.5. The highest BCUT2D eigenvalue weighted by Crippen LogP contribution is 2.62. The van der Waals surface area contributed by atoms with Crippen molar-refractivity contribution in [3.8, 4) is 39.5 Å². The van der Waals surface area contributed by atoms with Gasteiger partial charge in [0.05, 0.1) is 27.7 Å². The van der Waals surface area contributed by atoms with E-state index in [1.54, 1.807) is 0 Å². The van der Waals surface area contributed by atoms with Gasteiger partial charge in [0.15, 0.2) is 0 Å². The van der Waals surface area contributed by atoms with E-state index in [4.69, 9.17) is 15.0 Å². The molecule has 1 spiro atoms. The summed E-state index contributed by atoms with van der Waals surface area (Å²) in [7, 11) is 0. The first kappa shape index (κ1) is 30.0. The summed E-state index contributed by atoms with van der Waals surface area (Å²) in [5.41, 5.74) is 14.7. The van der Waals surface area contributed by atoms with Crippen LogP contribution in [0.15, 0.2) is 182 Å². The van der Waals surface area contributed by atoms with E-state index >= 15 is 0 Å². The zero-order valence-electron chi connectivity index (χ0n) is 30.1. The number of hydrogen-bond donors (Lipinski definition) is 0. The van der Waals surface area contributed by atoms with Crippen molar-refractivity contribution < 1.29 is 0 Å². The van der Waals surface area contributed by atoms with Crippen LogP contribution in [0.1, 0.15) is 22.3 Å². The molecule has 4 nitrogen and oxygen atoms in total. The van der Waals surface area contributed by atoms with Gasteiger partial charge >= 0.3 is 0 Å². The Morgan fingerprint density at radius 3 is 1.89 bits per heavy atom. The van der Waals surface area contributed by atoms with Crippen LogP contribution in [0.5, 0.6) is 0 Å². The maximum Gasteiger partial charge on any atom is 0.235 e. The van der Waals surface area contributed by atoms with Gasteiger partial charge in [-0.3, -0.25) is 9.55 Å². The molecule has 0 atom stereocenters. The molecular formula is C52H30N4. The Morgan fingerprint density at radius 1 is 0.411 bits per heavy atom. The zero-order valence-corrected chi connectivity index (χ0v) is 30.1. The van der Waals surface area contributed by atoms with E-state index in [9.17, 15) is 0 Å². The largest absolute Gasteiger partial charge is 0.278 e. The predicted molar refractivity (Wildman–Crippen MR) is 228 cm³/mol. The van der Waals surface area contributed by atoms with Gasteiger partial charge < -0.3 is 0 Å². The average molecular weight is 711 g/mol. The molecule has 0 radical (unpaired) electrons. The smallest absolute Gasteiger partial charge is 0.235 e. The van der Waals surface area contributed by atoms with Crippen molar-refractivity contribution in [2.75, 3.05) is 0 Å². The molecule has 3 aromatic heterocycles. The van der Waals surface area contributed by atoms with E-state index in [0.29, 0.717) is 5.95 Å². The van der Waals surface area contributed by atoms with E-state index in [1.807, 2.05) is 6.20 Å². The molecule has 4 heteroatoms. The van der Waals surface area contributed by atoms with Crippen molar-refractivity contribution in [3.05, 3.63) is 205 Å². The molecule has 258 valence electrons. The lowest BCUT2D eigenvalue weighted by Gasteiger charge is -2.39. The van der Waals surface area contributed by atoms with Crippen molar-refractivity contribution in [2.45, 2.75) is 5.41 Å². The minimum absolute atomic E-state index is 0.487. The Balaban J connectivity index is 1.18. The molecule has 2 aliphatic carbocycles. The van der Waals surface area contributed by atoms with Gasteiger partial charge in [-0.05, 0) is 84.8 Å². The van der Waals surface area contributed by atoms with Crippen LogP contribution in [0, 0.1) is 0 Å². The number of nitrogens with zero attached hydrogens (tertiary/aromatic N) is 4. The molecule has 0 bridgehead atoms. The number of pyridine rings is 1. The van der Waals surface area contributed by atoms with Gasteiger partial charge in [0.1, 0.15) is 0 Å². The number of rotatable bonds is 2. The van der Waals surface area contributed by atoms with E-state index in [0.717, 1.165) is 38.8 Å². The quantitative estimate of drug-likeness (QED) is 0.179. The van der Waals surface area contributed by atoms with Gasteiger partial charge in [0, 0.05) is 39.7 Å². The van der Waals surface area contributed by atoms with Gasteiger partial charge in [-0.2, -0.15) is 0 Å². The first-order valence-corrected chi connectivity index (χ1v) is 19.2. The molecular weight excluding hydrogens is 681 g/mol. The van der Waals surface area contributed by atoms with E-state index in [-0.39, 0.29) is 0 Å². The first-order chi connectivity index (χ1) is 27.8. The Labute approximate surface area is 322 Å². The van der Waals surface area contributed by atoms with Crippen molar-refractivity contribution in [3.63, 3.8) is 0 Å². The van der Waals surface area contributed by atoms with Crippen LogP contribution >= 0.6 is 0 Å². The summed E-state index contributed by atoms with van der Waals surface area (Å²) in [5.74, 6) is 0.651. The summed E-state index contributed by atoms with van der Waals surface area (Å²) in [6.07, 6.45) is 4.04. The molecule has 11 aromatic rings. The summed E-state index contributed by atoms with van der Waals surface area (Å²) in [4.78, 5) is 15.7. The van der Waals surface area contributed by atoms with E-state index in [2.05, 4.69) is 181 Å². The molecule has 0 N–H and O–H groups in total. The maximum atomic E-state index is 5.52. The molecule has 56 heavy (non-hydrogen) atoms. The van der Waals surface area contributed by atoms with Crippen molar-refractivity contribution in [2.24, 2.45) is 0 Å². The molecule has 0 aliphatic heterocycles. The summed E-state index contributed by atoms with van der Waals surface area (Å²) in [6, 6.07) is 61.7. The molecule has 0 unspecified atom stereocenters. The second-order valence-electron chi connectivity index (χ2n) is 15.1. The Bertz CT molecular complexity index is 3450. The van der Waals surface area contributed by atoms with Gasteiger partial charge in [-0.25, -0.2) is 9.97 Å². The van der Waals surface area contributed by atoms with Crippen LogP contribution in [0.4, 0.5) is 0 Å². The minimum atomic E-state index is -0.487. The number of aromatic nitrogens is 4. The van der Waals surface area contributed by atoms with Gasteiger partial charge in [-0.1, -0.05) is 146 Å². The number of para-hydroxylation sites is 2. The number of hydrogen-bond acceptors (Lipinski definition) is 3. The normalized spacial score (nSPS) is 13.5. The zero-order chi connectivity index (χ0) is 36.5. The van der Waals surface area contributed by atoms with Crippen molar-refractivity contribution >= 4 is 54.3 Å². The van der Waals surface area contributed by atoms with Crippen LogP contribution in [0.25, 0.3) is 93.7 Å². The van der Waals surface area contributed by atoms with Crippen LogP contribution in [-0.2, 0) is 5.41 Å². The highest BCUT2D eigenvalue weighted by Gasteiger charge is 2.50. The molecule has 0 saturated carbocycles. The second-order valence-corrected chi connectivity index (χ2v) is 15.1. The Kier molecular flexibility index (Phi) is 5.80. The molecule has 8 aromatic carbocycles. The lowest BCUT2D eigenvalue weighted by atomic mass is 9.61. The summed E-state index contributed by atoms with van der Waals surface area (Å²) in [6.45, 7) is 0. The molecule has 3 heterocycles. The molecule has 0 amide bonds. The number of benzene rings is 8. The van der Waals surface area contributed by atoms with E-state index in [1.165, 1.54) is 71.3 Å². The molecule has 0 fully saturated rings. The summed E-state index contributed by atoms with van der Waals surface area (Å²) in [5, 5.41) is 8.25. The van der Waals surface area contributed by atoms with Crippen LogP contribution in [-0.4, -0.2) is 19.5 Å². The third-order valence-corrected chi connectivity index (χ3v) is 12.5. The fourth-order valence-electron chi connectivity index (χ4n) is 10.4. The Morgan fingerprint density at radius 2 is 1.04 bits per heavy atom. The fourth-order valence-corrected chi connectivity index (χ4v) is 10.4. The first-order valence-electron chi connectivity index (χ1n) is 19.2. The summed E-state index contributed by atoms with van der Waals surface area (Å²) >= 11 is 0. The monoisotopic (exact) mass is 710 g/mol. The lowest BCUT2D eigenvalue weighted by Crippen LogP contribution is -2.31. The highest BCUT2D eigenvalue weighted by atomic mass is 15.2. The third kappa shape index (κ3) is 3.66. The molecule has 2 aliphatic rings. The van der Waals surface area contributed by atoms with Crippen molar-refractivity contribution in [1.82, 2.24) is 19.5 Å². The predicted octanol–water partition coefficient (Wildman–Crippen LogP) is 12.4. The average Bonchev–Trinajstić information content (AvgIpc) is 3.76. The highest BCUT2D eigenvalue weighted by molar-refractivity contribution is 6.26. The summed E-state index contributed by atoms with van der Waals surface area (Å²) < 4.78 is 2.29. The van der Waals surface area contributed by atoms with E-state index < -0.39 is 5.41 Å². The van der Waals surface area contributed by atoms with Gasteiger partial charge in [-0.15, -0.1) is 0 Å². The second kappa shape index (κ2) is 10.8. The van der Waals surface area contributed by atoms with Crippen LogP contribution in [0.2, 0.25) is 0 Å². The standard InChI is InChI=1S/C52H30N4/c1-2-15-32-31(13-1)14-11-20-35(32)50-36-18-5-9-25-45(36)54-51(55-50)56-46-26-10-6-19-37(46)49-38-21-12-24-44-48(38)39(29-47(49)56)40-30-53-28-27-43(40)52(44)41-22-7-3-16-33(41)34-17-4-8-23-42(34)52/h1-30H. The SMILES string of the molecule is c1ccc2c(c1)-c1ccccc1C21c2ccncc2-c2cc3c(c4cccc1c24)c1ccccc1n3-c1nc(-c2cccc3ccccc23)c2ccccc2n1. The fraction of sp³-hybridized carbons (Fsp3) is 0.0192. The maximum absolute atomic E-state index is 5.52. The van der Waals surface area contributed by atoms with Gasteiger partial charge in [0.2, 0.25) is 5.95 Å². The number of fused-ring (bicyclic) bond motifs is 15. The van der Waals surface area contributed by atoms with Gasteiger partial charge in [0.25, 0.3) is 0 Å².